The number of thioether (sulfide) groups is 3. The Morgan fingerprint density at radius 3 is 1.80 bits per heavy atom. The lowest BCUT2D eigenvalue weighted by Crippen LogP contribution is -2.31. The van der Waals surface area contributed by atoms with Crippen LogP contribution in [-0.4, -0.2) is 65.5 Å². The second kappa shape index (κ2) is 10.1. The molecular formula is C18H27NO2S3Si. The number of fused-ring (bicyclic) bond motifs is 1. The Bertz CT molecular complexity index is 569. The summed E-state index contributed by atoms with van der Waals surface area (Å²) in [5.41, 5.74) is 1.09. The van der Waals surface area contributed by atoms with Crippen molar-refractivity contribution >= 4 is 55.2 Å². The second-order valence-corrected chi connectivity index (χ2v) is 16.7. The number of benzene rings is 1. The third kappa shape index (κ3) is 6.70. The van der Waals surface area contributed by atoms with Gasteiger partial charge < -0.3 is 0 Å². The lowest BCUT2D eigenvalue weighted by atomic mass is 10.1. The summed E-state index contributed by atoms with van der Waals surface area (Å²) in [7, 11) is -0.901. The van der Waals surface area contributed by atoms with Gasteiger partial charge in [0.25, 0.3) is 11.8 Å². The van der Waals surface area contributed by atoms with Crippen LogP contribution in [-0.2, 0) is 0 Å². The first-order chi connectivity index (χ1) is 11.9. The summed E-state index contributed by atoms with van der Waals surface area (Å²) in [4.78, 5) is 25.9. The van der Waals surface area contributed by atoms with Crippen molar-refractivity contribution in [2.45, 2.75) is 19.6 Å². The molecule has 1 aliphatic heterocycles. The van der Waals surface area contributed by atoms with Crippen LogP contribution < -0.4 is 0 Å². The van der Waals surface area contributed by atoms with Crippen LogP contribution in [0.1, 0.15) is 20.7 Å². The average molecular weight is 414 g/mol. The monoisotopic (exact) mass is 413 g/mol. The Morgan fingerprint density at radius 1 is 0.800 bits per heavy atom. The molecule has 2 amide bonds. The number of hydrogen-bond donors (Lipinski definition) is 0. The Balaban J connectivity index is 1.53. The number of carbonyl (C=O) groups is 2. The minimum atomic E-state index is -0.901. The van der Waals surface area contributed by atoms with Crippen LogP contribution in [0.3, 0.4) is 0 Å². The first-order valence-electron chi connectivity index (χ1n) is 8.58. The van der Waals surface area contributed by atoms with Gasteiger partial charge in [-0.3, -0.25) is 14.5 Å². The number of hydrogen-bond acceptors (Lipinski definition) is 5. The van der Waals surface area contributed by atoms with E-state index in [1.807, 2.05) is 23.5 Å². The lowest BCUT2D eigenvalue weighted by Gasteiger charge is -2.14. The van der Waals surface area contributed by atoms with E-state index >= 15 is 0 Å². The molecule has 25 heavy (non-hydrogen) atoms. The predicted octanol–water partition coefficient (Wildman–Crippen LogP) is 4.36. The molecule has 0 fully saturated rings. The molecule has 1 aliphatic rings. The van der Waals surface area contributed by atoms with Crippen molar-refractivity contribution in [2.75, 3.05) is 40.7 Å². The molecule has 0 N–H and O–H groups in total. The highest BCUT2D eigenvalue weighted by atomic mass is 32.2. The summed E-state index contributed by atoms with van der Waals surface area (Å²) in [6.45, 7) is 7.75. The molecule has 1 aromatic rings. The first-order valence-corrected chi connectivity index (χ1v) is 15.8. The van der Waals surface area contributed by atoms with E-state index in [2.05, 4.69) is 31.4 Å². The molecule has 0 unspecified atom stereocenters. The van der Waals surface area contributed by atoms with Gasteiger partial charge in [-0.15, -0.1) is 0 Å². The average Bonchev–Trinajstić information content (AvgIpc) is 2.80. The third-order valence-electron chi connectivity index (χ3n) is 3.62. The van der Waals surface area contributed by atoms with Crippen molar-refractivity contribution in [2.24, 2.45) is 0 Å². The van der Waals surface area contributed by atoms with E-state index in [1.165, 1.54) is 21.8 Å². The molecule has 2 rings (SSSR count). The normalized spacial score (nSPS) is 14.3. The smallest absolute Gasteiger partial charge is 0.261 e. The molecular weight excluding hydrogens is 386 g/mol. The minimum Gasteiger partial charge on any atom is -0.274 e. The zero-order valence-electron chi connectivity index (χ0n) is 15.2. The maximum Gasteiger partial charge on any atom is 0.261 e. The molecule has 7 heteroatoms. The molecule has 138 valence electrons. The van der Waals surface area contributed by atoms with Crippen molar-refractivity contribution < 1.29 is 9.59 Å². The summed E-state index contributed by atoms with van der Waals surface area (Å²) in [6.07, 6.45) is 0. The summed E-state index contributed by atoms with van der Waals surface area (Å²) in [6, 6.07) is 7.09. The van der Waals surface area contributed by atoms with Crippen molar-refractivity contribution in [1.29, 1.82) is 0 Å². The zero-order valence-corrected chi connectivity index (χ0v) is 18.7. The van der Waals surface area contributed by atoms with Gasteiger partial charge in [-0.05, 0) is 17.5 Å². The van der Waals surface area contributed by atoms with Crippen LogP contribution >= 0.6 is 35.3 Å². The van der Waals surface area contributed by atoms with Gasteiger partial charge in [-0.2, -0.15) is 35.3 Å². The van der Waals surface area contributed by atoms with Crippen molar-refractivity contribution in [3.8, 4) is 0 Å². The van der Waals surface area contributed by atoms with Crippen LogP contribution in [0.15, 0.2) is 24.3 Å². The SMILES string of the molecule is C[Si](C)(C)CSCCSCCSCCN1C(=O)c2ccccc2C1=O. The van der Waals surface area contributed by atoms with Crippen molar-refractivity contribution in [3.05, 3.63) is 35.4 Å². The van der Waals surface area contributed by atoms with E-state index in [-0.39, 0.29) is 11.8 Å². The van der Waals surface area contributed by atoms with Crippen LogP contribution in [0, 0.1) is 0 Å². The standard InChI is InChI=1S/C18H27NO2S3Si/c1-25(2,3)14-24-13-12-23-11-10-22-9-8-19-17(20)15-6-4-5-7-16(15)18(19)21/h4-7H,8-14H2,1-3H3. The number of imide groups is 1. The lowest BCUT2D eigenvalue weighted by molar-refractivity contribution is 0.0664. The van der Waals surface area contributed by atoms with Crippen LogP contribution in [0.2, 0.25) is 19.6 Å². The molecule has 0 bridgehead atoms. The van der Waals surface area contributed by atoms with Crippen molar-refractivity contribution in [1.82, 2.24) is 4.90 Å². The van der Waals surface area contributed by atoms with E-state index in [0.717, 1.165) is 17.3 Å². The van der Waals surface area contributed by atoms with Gasteiger partial charge in [0.2, 0.25) is 0 Å². The fourth-order valence-corrected chi connectivity index (χ4v) is 8.05. The van der Waals surface area contributed by atoms with E-state index in [1.54, 1.807) is 24.3 Å². The predicted molar refractivity (Wildman–Crippen MR) is 117 cm³/mol. The van der Waals surface area contributed by atoms with Crippen molar-refractivity contribution in [3.63, 3.8) is 0 Å². The van der Waals surface area contributed by atoms with E-state index < -0.39 is 8.07 Å². The zero-order chi connectivity index (χ0) is 18.3. The maximum atomic E-state index is 12.2. The van der Waals surface area contributed by atoms with Gasteiger partial charge in [0.15, 0.2) is 0 Å². The molecule has 0 saturated carbocycles. The summed E-state index contributed by atoms with van der Waals surface area (Å²) in [5.74, 6) is 5.20. The fourth-order valence-electron chi connectivity index (χ4n) is 2.42. The highest BCUT2D eigenvalue weighted by Crippen LogP contribution is 2.22. The van der Waals surface area contributed by atoms with Crippen LogP contribution in [0.25, 0.3) is 0 Å². The second-order valence-electron chi connectivity index (χ2n) is 7.15. The molecule has 0 atom stereocenters. The maximum absolute atomic E-state index is 12.2. The minimum absolute atomic E-state index is 0.144. The first kappa shape index (κ1) is 20.9. The fraction of sp³-hybridized carbons (Fsp3) is 0.556. The summed E-state index contributed by atoms with van der Waals surface area (Å²) in [5, 5.41) is 1.35. The number of nitrogens with zero attached hydrogens (tertiary/aromatic N) is 1. The molecule has 0 spiro atoms. The quantitative estimate of drug-likeness (QED) is 0.306. The van der Waals surface area contributed by atoms with Gasteiger partial charge in [-0.1, -0.05) is 31.8 Å². The largest absolute Gasteiger partial charge is 0.274 e. The van der Waals surface area contributed by atoms with Gasteiger partial charge in [0, 0.05) is 35.3 Å². The third-order valence-corrected chi connectivity index (χ3v) is 10.9. The number of rotatable bonds is 11. The highest BCUT2D eigenvalue weighted by molar-refractivity contribution is 8.05. The highest BCUT2D eigenvalue weighted by Gasteiger charge is 2.34. The molecule has 0 saturated heterocycles. The summed E-state index contributed by atoms with van der Waals surface area (Å²) < 4.78 is 0. The number of carbonyl (C=O) groups excluding carboxylic acids is 2. The molecule has 3 nitrogen and oxygen atoms in total. The summed E-state index contributed by atoms with van der Waals surface area (Å²) >= 11 is 5.92. The van der Waals surface area contributed by atoms with E-state index in [0.29, 0.717) is 17.7 Å². The van der Waals surface area contributed by atoms with Crippen LogP contribution in [0.4, 0.5) is 0 Å². The molecule has 0 aliphatic carbocycles. The molecule has 1 aromatic carbocycles. The Morgan fingerprint density at radius 2 is 1.28 bits per heavy atom. The van der Waals surface area contributed by atoms with Gasteiger partial charge >= 0.3 is 0 Å². The van der Waals surface area contributed by atoms with Crippen LogP contribution in [0.5, 0.6) is 0 Å². The Labute approximate surface area is 165 Å². The molecule has 0 aromatic heterocycles. The topological polar surface area (TPSA) is 37.4 Å². The number of amides is 2. The van der Waals surface area contributed by atoms with E-state index in [9.17, 15) is 9.59 Å². The Kier molecular flexibility index (Phi) is 8.45. The molecule has 1 heterocycles. The van der Waals surface area contributed by atoms with Gasteiger partial charge in [-0.25, -0.2) is 0 Å². The van der Waals surface area contributed by atoms with Gasteiger partial charge in [0.05, 0.1) is 19.2 Å². The van der Waals surface area contributed by atoms with Gasteiger partial charge in [0.1, 0.15) is 0 Å². The molecule has 0 radical (unpaired) electrons. The Hall–Kier alpha value is -0.373. The van der Waals surface area contributed by atoms with E-state index in [4.69, 9.17) is 0 Å².